The molecule has 0 fully saturated rings. The molecule has 0 unspecified atom stereocenters. The molecule has 252 valence electrons. The molecular weight excluding hydrogens is 558 g/mol. The van der Waals surface area contributed by atoms with E-state index in [2.05, 4.69) is 46.9 Å². The summed E-state index contributed by atoms with van der Waals surface area (Å²) in [7, 11) is 0. The molecular formula is C40H63NO4. The van der Waals surface area contributed by atoms with Gasteiger partial charge in [-0.1, -0.05) is 93.4 Å². The topological polar surface area (TPSA) is 67.8 Å². The normalized spacial score (nSPS) is 17.8. The quantitative estimate of drug-likeness (QED) is 0.196. The van der Waals surface area contributed by atoms with Gasteiger partial charge in [0.15, 0.2) is 0 Å². The molecule has 5 heteroatoms. The number of benzene rings is 2. The maximum absolute atomic E-state index is 12.3. The summed E-state index contributed by atoms with van der Waals surface area (Å²) in [5, 5.41) is 14.1. The number of ether oxygens (including phenoxy) is 2. The molecule has 0 saturated heterocycles. The van der Waals surface area contributed by atoms with Crippen molar-refractivity contribution in [3.05, 3.63) is 46.5 Å². The van der Waals surface area contributed by atoms with Crippen molar-refractivity contribution >= 4 is 11.6 Å². The number of fused-ring (bicyclic) bond motifs is 1. The van der Waals surface area contributed by atoms with Crippen molar-refractivity contribution in [1.29, 1.82) is 0 Å². The molecule has 1 aliphatic rings. The second-order valence-corrected chi connectivity index (χ2v) is 15.8. The van der Waals surface area contributed by atoms with Gasteiger partial charge in [-0.05, 0) is 99.6 Å². The minimum atomic E-state index is -0.462. The minimum absolute atomic E-state index is 0.0303. The van der Waals surface area contributed by atoms with Crippen LogP contribution in [0.5, 0.6) is 17.2 Å². The van der Waals surface area contributed by atoms with Gasteiger partial charge in [0.25, 0.3) is 0 Å². The van der Waals surface area contributed by atoms with E-state index >= 15 is 0 Å². The zero-order valence-electron chi connectivity index (χ0n) is 30.2. The first-order valence-corrected chi connectivity index (χ1v) is 17.7. The summed E-state index contributed by atoms with van der Waals surface area (Å²) < 4.78 is 13.0. The number of nitrogens with one attached hydrogen (secondary N) is 1. The Morgan fingerprint density at radius 2 is 1.51 bits per heavy atom. The molecule has 2 aromatic carbocycles. The SMILES string of the molecule is Cc1c(C)c2c(c(COc3ccc(NC(=O)C(C)(C)C)cc3)c1O)CC[C@@](C)(CCC[C@H](C)CCC[C@H](C)CCCC(C)C)O2. The van der Waals surface area contributed by atoms with E-state index in [9.17, 15) is 9.90 Å². The third-order valence-corrected chi connectivity index (χ3v) is 9.89. The van der Waals surface area contributed by atoms with Crippen LogP contribution in [0.15, 0.2) is 24.3 Å². The Bertz CT molecular complexity index is 1240. The number of aromatic hydroxyl groups is 1. The third-order valence-electron chi connectivity index (χ3n) is 9.89. The molecule has 2 N–H and O–H groups in total. The predicted molar refractivity (Wildman–Crippen MR) is 189 cm³/mol. The number of carbonyl (C=O) groups is 1. The zero-order chi connectivity index (χ0) is 33.4. The average molecular weight is 622 g/mol. The smallest absolute Gasteiger partial charge is 0.229 e. The molecule has 1 heterocycles. The van der Waals surface area contributed by atoms with E-state index in [1.807, 2.05) is 52.0 Å². The van der Waals surface area contributed by atoms with Gasteiger partial charge in [0.2, 0.25) is 5.91 Å². The van der Waals surface area contributed by atoms with Crippen molar-refractivity contribution in [3.63, 3.8) is 0 Å². The summed E-state index contributed by atoms with van der Waals surface area (Å²) in [6.45, 7) is 21.7. The van der Waals surface area contributed by atoms with Crippen LogP contribution in [-0.4, -0.2) is 16.6 Å². The molecule has 0 radical (unpaired) electrons. The molecule has 0 saturated carbocycles. The summed E-state index contributed by atoms with van der Waals surface area (Å²) in [4.78, 5) is 12.3. The molecule has 0 aliphatic carbocycles. The Labute approximate surface area is 274 Å². The fourth-order valence-electron chi connectivity index (χ4n) is 6.41. The summed E-state index contributed by atoms with van der Waals surface area (Å²) in [5.74, 6) is 4.31. The van der Waals surface area contributed by atoms with Gasteiger partial charge in [0.1, 0.15) is 29.5 Å². The molecule has 45 heavy (non-hydrogen) atoms. The summed E-state index contributed by atoms with van der Waals surface area (Å²) >= 11 is 0. The second kappa shape index (κ2) is 16.2. The van der Waals surface area contributed by atoms with Gasteiger partial charge < -0.3 is 19.9 Å². The van der Waals surface area contributed by atoms with Gasteiger partial charge in [-0.3, -0.25) is 4.79 Å². The molecule has 1 amide bonds. The summed E-state index contributed by atoms with van der Waals surface area (Å²) in [5.41, 5.74) is 3.83. The van der Waals surface area contributed by atoms with E-state index in [1.54, 1.807) is 0 Å². The van der Waals surface area contributed by atoms with Crippen LogP contribution in [0.25, 0.3) is 0 Å². The van der Waals surface area contributed by atoms with E-state index in [0.29, 0.717) is 11.5 Å². The molecule has 0 aromatic heterocycles. The lowest BCUT2D eigenvalue weighted by molar-refractivity contribution is -0.123. The Morgan fingerprint density at radius 1 is 0.933 bits per heavy atom. The Balaban J connectivity index is 1.54. The van der Waals surface area contributed by atoms with Crippen molar-refractivity contribution in [1.82, 2.24) is 0 Å². The van der Waals surface area contributed by atoms with Crippen LogP contribution < -0.4 is 14.8 Å². The Hall–Kier alpha value is -2.69. The molecule has 2 aromatic rings. The first-order chi connectivity index (χ1) is 21.1. The number of hydrogen-bond acceptors (Lipinski definition) is 4. The van der Waals surface area contributed by atoms with E-state index in [-0.39, 0.29) is 18.1 Å². The van der Waals surface area contributed by atoms with Gasteiger partial charge in [0.05, 0.1) is 0 Å². The van der Waals surface area contributed by atoms with Crippen LogP contribution in [0.4, 0.5) is 5.69 Å². The van der Waals surface area contributed by atoms with Gasteiger partial charge in [-0.2, -0.15) is 0 Å². The molecule has 1 aliphatic heterocycles. The van der Waals surface area contributed by atoms with Crippen molar-refractivity contribution in [2.24, 2.45) is 23.2 Å². The number of hydrogen-bond donors (Lipinski definition) is 2. The van der Waals surface area contributed by atoms with E-state index in [4.69, 9.17) is 9.47 Å². The number of anilines is 1. The van der Waals surface area contributed by atoms with Crippen LogP contribution in [0, 0.1) is 37.0 Å². The second-order valence-electron chi connectivity index (χ2n) is 15.8. The number of rotatable bonds is 16. The number of carbonyl (C=O) groups excluding carboxylic acids is 1. The fraction of sp³-hybridized carbons (Fsp3) is 0.675. The molecule has 3 atom stereocenters. The van der Waals surface area contributed by atoms with Crippen LogP contribution in [0.1, 0.15) is 142 Å². The lowest BCUT2D eigenvalue weighted by atomic mass is 9.83. The predicted octanol–water partition coefficient (Wildman–Crippen LogP) is 11.1. The molecule has 0 spiro atoms. The third kappa shape index (κ3) is 11.0. The highest BCUT2D eigenvalue weighted by molar-refractivity contribution is 5.94. The maximum Gasteiger partial charge on any atom is 0.229 e. The highest BCUT2D eigenvalue weighted by atomic mass is 16.5. The van der Waals surface area contributed by atoms with Gasteiger partial charge in [0, 0.05) is 22.2 Å². The Morgan fingerprint density at radius 3 is 2.09 bits per heavy atom. The molecule has 3 rings (SSSR count). The van der Waals surface area contributed by atoms with E-state index < -0.39 is 5.41 Å². The lowest BCUT2D eigenvalue weighted by Gasteiger charge is -2.38. The number of phenols is 1. The lowest BCUT2D eigenvalue weighted by Crippen LogP contribution is -2.37. The van der Waals surface area contributed by atoms with Gasteiger partial charge >= 0.3 is 0 Å². The minimum Gasteiger partial charge on any atom is -0.507 e. The van der Waals surface area contributed by atoms with E-state index in [0.717, 1.165) is 70.7 Å². The van der Waals surface area contributed by atoms with Crippen molar-refractivity contribution in [2.75, 3.05) is 5.32 Å². The Kier molecular flexibility index (Phi) is 13.3. The number of amides is 1. The number of phenolic OH excluding ortho intramolecular Hbond substituents is 1. The van der Waals surface area contributed by atoms with Gasteiger partial charge in [-0.15, -0.1) is 0 Å². The van der Waals surface area contributed by atoms with Crippen molar-refractivity contribution in [3.8, 4) is 17.2 Å². The molecule has 0 bridgehead atoms. The fourth-order valence-corrected chi connectivity index (χ4v) is 6.41. The highest BCUT2D eigenvalue weighted by Crippen LogP contribution is 2.45. The summed E-state index contributed by atoms with van der Waals surface area (Å²) in [6.07, 6.45) is 13.4. The average Bonchev–Trinajstić information content (AvgIpc) is 2.96. The molecule has 5 nitrogen and oxygen atoms in total. The van der Waals surface area contributed by atoms with Crippen LogP contribution in [0.2, 0.25) is 0 Å². The highest BCUT2D eigenvalue weighted by Gasteiger charge is 2.35. The van der Waals surface area contributed by atoms with Crippen LogP contribution >= 0.6 is 0 Å². The van der Waals surface area contributed by atoms with Crippen LogP contribution in [0.3, 0.4) is 0 Å². The first kappa shape index (κ1) is 36.8. The first-order valence-electron chi connectivity index (χ1n) is 17.7. The van der Waals surface area contributed by atoms with Crippen molar-refractivity contribution in [2.45, 2.75) is 152 Å². The standard InChI is InChI=1S/C40H63NO4/c1-27(2)14-11-15-28(3)16-12-17-29(4)18-13-24-40(10)25-23-34-35(36(42)30(5)31(6)37(34)45-40)26-44-33-21-19-32(20-22-33)41-38(43)39(7,8)9/h19-22,27-29,42H,11-18,23-26H2,1-10H3,(H,41,43)/t28-,29-,40-/m1/s1. The van der Waals surface area contributed by atoms with Crippen molar-refractivity contribution < 1.29 is 19.4 Å². The largest absolute Gasteiger partial charge is 0.507 e. The van der Waals surface area contributed by atoms with Gasteiger partial charge in [-0.25, -0.2) is 0 Å². The van der Waals surface area contributed by atoms with E-state index in [1.165, 1.54) is 51.4 Å². The monoisotopic (exact) mass is 621 g/mol. The maximum atomic E-state index is 12.3. The van der Waals surface area contributed by atoms with Crippen LogP contribution in [-0.2, 0) is 17.8 Å². The zero-order valence-corrected chi connectivity index (χ0v) is 30.2. The summed E-state index contributed by atoms with van der Waals surface area (Å²) in [6, 6.07) is 7.40.